The molecule has 3 rings (SSSR count). The lowest BCUT2D eigenvalue weighted by Crippen LogP contribution is -2.34. The first-order valence-corrected chi connectivity index (χ1v) is 7.92. The van der Waals surface area contributed by atoms with Crippen LogP contribution >= 0.6 is 28.3 Å². The molecule has 2 N–H and O–H groups in total. The molecule has 1 aromatic carbocycles. The molecule has 0 spiro atoms. The van der Waals surface area contributed by atoms with Crippen molar-refractivity contribution in [2.24, 2.45) is 5.73 Å². The van der Waals surface area contributed by atoms with Crippen LogP contribution in [-0.4, -0.2) is 10.1 Å². The minimum Gasteiger partial charge on any atom is -0.480 e. The lowest BCUT2D eigenvalue weighted by atomic mass is 9.99. The Bertz CT molecular complexity index is 629. The van der Waals surface area contributed by atoms with Crippen LogP contribution in [0.3, 0.4) is 0 Å². The highest BCUT2D eigenvalue weighted by atomic mass is 79.9. The van der Waals surface area contributed by atoms with Gasteiger partial charge in [0.2, 0.25) is 0 Å². The summed E-state index contributed by atoms with van der Waals surface area (Å²) in [6.07, 6.45) is 3.72. The summed E-state index contributed by atoms with van der Waals surface area (Å²) in [5.41, 5.74) is 5.90. The van der Waals surface area contributed by atoms with Crippen molar-refractivity contribution < 1.29 is 9.26 Å². The molecule has 7 heteroatoms. The first kappa shape index (κ1) is 17.2. The van der Waals surface area contributed by atoms with Gasteiger partial charge in [0, 0.05) is 0 Å². The number of nitrogens with zero attached hydrogens (tertiary/aromatic N) is 2. The average Bonchev–Trinajstić information content (AvgIpc) is 3.11. The zero-order valence-corrected chi connectivity index (χ0v) is 14.7. The van der Waals surface area contributed by atoms with Crippen LogP contribution in [0.4, 0.5) is 0 Å². The zero-order chi connectivity index (χ0) is 14.9. The van der Waals surface area contributed by atoms with Crippen LogP contribution < -0.4 is 10.5 Å². The van der Waals surface area contributed by atoms with Crippen molar-refractivity contribution in [1.82, 2.24) is 10.1 Å². The number of rotatable bonds is 4. The normalized spacial score (nSPS) is 17.8. The molecule has 0 saturated heterocycles. The van der Waals surface area contributed by atoms with Gasteiger partial charge in [-0.3, -0.25) is 0 Å². The summed E-state index contributed by atoms with van der Waals surface area (Å²) < 4.78 is 12.1. The van der Waals surface area contributed by atoms with Crippen LogP contribution in [0, 0.1) is 0 Å². The summed E-state index contributed by atoms with van der Waals surface area (Å²) in [6, 6.07) is 7.66. The van der Waals surface area contributed by atoms with Gasteiger partial charge >= 0.3 is 0 Å². The van der Waals surface area contributed by atoms with Gasteiger partial charge in [-0.2, -0.15) is 4.98 Å². The van der Waals surface area contributed by atoms with Crippen molar-refractivity contribution in [3.8, 4) is 5.75 Å². The molecule has 1 aliphatic rings. The predicted molar refractivity (Wildman–Crippen MR) is 89.1 cm³/mol. The molecule has 0 radical (unpaired) electrons. The fraction of sp³-hybridized carbons (Fsp3) is 0.467. The Morgan fingerprint density at radius 3 is 2.68 bits per heavy atom. The molecule has 0 aliphatic heterocycles. The van der Waals surface area contributed by atoms with Crippen LogP contribution in [0.15, 0.2) is 33.3 Å². The molecule has 0 bridgehead atoms. The molecule has 120 valence electrons. The van der Waals surface area contributed by atoms with Gasteiger partial charge in [0.15, 0.2) is 11.9 Å². The summed E-state index contributed by atoms with van der Waals surface area (Å²) in [7, 11) is 0. The van der Waals surface area contributed by atoms with Gasteiger partial charge in [-0.05, 0) is 47.8 Å². The largest absolute Gasteiger partial charge is 0.480 e. The quantitative estimate of drug-likeness (QED) is 0.852. The number of para-hydroxylation sites is 1. The number of hydrogen-bond donors (Lipinski definition) is 1. The fourth-order valence-electron chi connectivity index (χ4n) is 2.61. The average molecular weight is 389 g/mol. The number of benzene rings is 1. The van der Waals surface area contributed by atoms with Gasteiger partial charge in [0.05, 0.1) is 10.0 Å². The lowest BCUT2D eigenvalue weighted by molar-refractivity contribution is 0.174. The van der Waals surface area contributed by atoms with Crippen LogP contribution in [0.5, 0.6) is 5.75 Å². The number of aromatic nitrogens is 2. The maximum absolute atomic E-state index is 6.34. The molecule has 1 aromatic heterocycles. The highest BCUT2D eigenvalue weighted by molar-refractivity contribution is 9.10. The van der Waals surface area contributed by atoms with Crippen LogP contribution in [0.25, 0.3) is 0 Å². The Hall–Kier alpha value is -1.11. The highest BCUT2D eigenvalue weighted by Gasteiger charge is 2.36. The number of ether oxygens (including phenoxy) is 1. The van der Waals surface area contributed by atoms with E-state index in [-0.39, 0.29) is 18.5 Å². The molecule has 0 amide bonds. The zero-order valence-electron chi connectivity index (χ0n) is 12.3. The third-order valence-corrected chi connectivity index (χ3v) is 4.53. The Morgan fingerprint density at radius 2 is 2.00 bits per heavy atom. The van der Waals surface area contributed by atoms with Gasteiger partial charge in [0.25, 0.3) is 5.89 Å². The Labute approximate surface area is 144 Å². The van der Waals surface area contributed by atoms with E-state index < -0.39 is 5.54 Å². The van der Waals surface area contributed by atoms with Crippen LogP contribution in [0.2, 0.25) is 0 Å². The molecule has 1 atom stereocenters. The van der Waals surface area contributed by atoms with E-state index in [0.29, 0.717) is 11.7 Å². The summed E-state index contributed by atoms with van der Waals surface area (Å²) >= 11 is 3.45. The Kier molecular flexibility index (Phi) is 5.47. The second-order valence-electron chi connectivity index (χ2n) is 5.51. The van der Waals surface area contributed by atoms with Crippen molar-refractivity contribution in [2.75, 3.05) is 0 Å². The third kappa shape index (κ3) is 3.45. The standard InChI is InChI=1S/C15H18BrN3O2.ClH/c1-10(20-12-7-3-2-6-11(12)16)13-18-14(19-21-13)15(17)8-4-5-9-15;/h2-3,6-7,10H,4-5,8-9,17H2,1H3;1H. The van der Waals surface area contributed by atoms with Gasteiger partial charge in [-0.1, -0.05) is 30.1 Å². The summed E-state index contributed by atoms with van der Waals surface area (Å²) in [5.74, 6) is 1.79. The molecule has 1 fully saturated rings. The second-order valence-corrected chi connectivity index (χ2v) is 6.36. The van der Waals surface area contributed by atoms with E-state index in [0.717, 1.165) is 35.9 Å². The van der Waals surface area contributed by atoms with Gasteiger partial charge in [-0.25, -0.2) is 0 Å². The summed E-state index contributed by atoms with van der Waals surface area (Å²) in [6.45, 7) is 1.88. The fourth-order valence-corrected chi connectivity index (χ4v) is 2.99. The van der Waals surface area contributed by atoms with Crippen molar-refractivity contribution in [3.63, 3.8) is 0 Å². The minimum atomic E-state index is -0.436. The summed E-state index contributed by atoms with van der Waals surface area (Å²) in [4.78, 5) is 4.45. The smallest absolute Gasteiger partial charge is 0.267 e. The van der Waals surface area contributed by atoms with Crippen molar-refractivity contribution in [3.05, 3.63) is 40.5 Å². The molecular formula is C15H19BrClN3O2. The number of hydrogen-bond acceptors (Lipinski definition) is 5. The minimum absolute atomic E-state index is 0. The van der Waals surface area contributed by atoms with Gasteiger partial charge < -0.3 is 15.0 Å². The van der Waals surface area contributed by atoms with Crippen molar-refractivity contribution in [1.29, 1.82) is 0 Å². The molecule has 1 saturated carbocycles. The first-order valence-electron chi connectivity index (χ1n) is 7.13. The first-order chi connectivity index (χ1) is 10.1. The van der Waals surface area contributed by atoms with E-state index in [9.17, 15) is 0 Å². The molecule has 1 heterocycles. The maximum atomic E-state index is 6.34. The molecule has 2 aromatic rings. The van der Waals surface area contributed by atoms with Gasteiger partial charge in [-0.15, -0.1) is 12.4 Å². The van der Waals surface area contributed by atoms with E-state index in [4.69, 9.17) is 15.0 Å². The molecule has 1 unspecified atom stereocenters. The van der Waals surface area contributed by atoms with E-state index >= 15 is 0 Å². The number of nitrogens with two attached hydrogens (primary N) is 1. The summed E-state index contributed by atoms with van der Waals surface area (Å²) in [5, 5.41) is 4.05. The second kappa shape index (κ2) is 6.98. The van der Waals surface area contributed by atoms with Crippen LogP contribution in [-0.2, 0) is 5.54 Å². The predicted octanol–water partition coefficient (Wildman–Crippen LogP) is 4.12. The Morgan fingerprint density at radius 1 is 1.32 bits per heavy atom. The molecular weight excluding hydrogens is 370 g/mol. The monoisotopic (exact) mass is 387 g/mol. The van der Waals surface area contributed by atoms with Gasteiger partial charge in [0.1, 0.15) is 5.75 Å². The maximum Gasteiger partial charge on any atom is 0.267 e. The van der Waals surface area contributed by atoms with E-state index in [1.165, 1.54) is 0 Å². The molecule has 1 aliphatic carbocycles. The highest BCUT2D eigenvalue weighted by Crippen LogP contribution is 2.35. The van der Waals surface area contributed by atoms with E-state index in [2.05, 4.69) is 26.1 Å². The van der Waals surface area contributed by atoms with E-state index in [1.807, 2.05) is 31.2 Å². The topological polar surface area (TPSA) is 74.2 Å². The van der Waals surface area contributed by atoms with E-state index in [1.54, 1.807) is 0 Å². The number of halogens is 2. The lowest BCUT2D eigenvalue weighted by Gasteiger charge is -2.18. The van der Waals surface area contributed by atoms with Crippen molar-refractivity contribution >= 4 is 28.3 Å². The van der Waals surface area contributed by atoms with Crippen LogP contribution in [0.1, 0.15) is 50.4 Å². The Balaban J connectivity index is 0.00000176. The molecule has 22 heavy (non-hydrogen) atoms. The van der Waals surface area contributed by atoms with Crippen molar-refractivity contribution in [2.45, 2.75) is 44.2 Å². The third-order valence-electron chi connectivity index (χ3n) is 3.87. The molecule has 5 nitrogen and oxygen atoms in total. The SMILES string of the molecule is CC(Oc1ccccc1Br)c1nc(C2(N)CCCC2)no1.Cl.